The van der Waals surface area contributed by atoms with Crippen LogP contribution in [0, 0.1) is 6.92 Å². The molecule has 2 aromatic rings. The highest BCUT2D eigenvalue weighted by Gasteiger charge is 2.09. The Bertz CT molecular complexity index is 694. The molecular formula is C15H16N2O4. The second-order valence-electron chi connectivity index (χ2n) is 4.54. The first kappa shape index (κ1) is 14.8. The highest BCUT2D eigenvalue weighted by atomic mass is 16.5. The summed E-state index contributed by atoms with van der Waals surface area (Å²) in [7, 11) is 0. The van der Waals surface area contributed by atoms with Crippen LogP contribution in [0.1, 0.15) is 22.5 Å². The third-order valence-electron chi connectivity index (χ3n) is 2.89. The van der Waals surface area contributed by atoms with Gasteiger partial charge in [0.05, 0.1) is 12.3 Å². The van der Waals surface area contributed by atoms with Crippen molar-refractivity contribution in [2.45, 2.75) is 19.9 Å². The summed E-state index contributed by atoms with van der Waals surface area (Å²) in [6, 6.07) is 9.60. The lowest BCUT2D eigenvalue weighted by molar-refractivity contribution is 0.0692. The van der Waals surface area contributed by atoms with Crippen LogP contribution in [0.15, 0.2) is 41.2 Å². The molecule has 1 aromatic carbocycles. The van der Waals surface area contributed by atoms with Gasteiger partial charge in [-0.15, -0.1) is 0 Å². The Morgan fingerprint density at radius 1 is 1.29 bits per heavy atom. The molecule has 0 radical (unpaired) electrons. The van der Waals surface area contributed by atoms with E-state index in [9.17, 15) is 9.59 Å². The van der Waals surface area contributed by atoms with Crippen molar-refractivity contribution < 1.29 is 14.6 Å². The predicted molar refractivity (Wildman–Crippen MR) is 76.7 cm³/mol. The quantitative estimate of drug-likeness (QED) is 0.818. The molecule has 0 atom stereocenters. The monoisotopic (exact) mass is 288 g/mol. The van der Waals surface area contributed by atoms with Gasteiger partial charge in [0.2, 0.25) is 0 Å². The van der Waals surface area contributed by atoms with Crippen LogP contribution < -0.4 is 10.3 Å². The standard InChI is InChI=1S/C15H16N2O4/c1-11-7-8-14(18)17(16-11)9-4-10-21-13-6-3-2-5-12(13)15(19)20/h2-3,5-8H,4,9-10H2,1H3,(H,19,20). The van der Waals surface area contributed by atoms with E-state index in [1.54, 1.807) is 24.3 Å². The van der Waals surface area contributed by atoms with Crippen molar-refractivity contribution in [2.75, 3.05) is 6.61 Å². The number of para-hydroxylation sites is 1. The van der Waals surface area contributed by atoms with Crippen molar-refractivity contribution in [3.05, 3.63) is 58.0 Å². The molecule has 1 heterocycles. The number of nitrogens with zero attached hydrogens (tertiary/aromatic N) is 2. The van der Waals surface area contributed by atoms with Gasteiger partial charge in [-0.25, -0.2) is 9.48 Å². The van der Waals surface area contributed by atoms with E-state index >= 15 is 0 Å². The molecule has 0 aliphatic heterocycles. The minimum absolute atomic E-state index is 0.128. The fourth-order valence-electron chi connectivity index (χ4n) is 1.88. The van der Waals surface area contributed by atoms with E-state index in [1.165, 1.54) is 16.8 Å². The lowest BCUT2D eigenvalue weighted by Gasteiger charge is -2.09. The predicted octanol–water partition coefficient (Wildman–Crippen LogP) is 1.72. The average molecular weight is 288 g/mol. The summed E-state index contributed by atoms with van der Waals surface area (Å²) in [6.07, 6.45) is 0.560. The second kappa shape index (κ2) is 6.69. The van der Waals surface area contributed by atoms with Crippen molar-refractivity contribution >= 4 is 5.97 Å². The zero-order chi connectivity index (χ0) is 15.2. The van der Waals surface area contributed by atoms with Gasteiger partial charge in [0, 0.05) is 19.0 Å². The first-order valence-corrected chi connectivity index (χ1v) is 6.58. The Morgan fingerprint density at radius 3 is 2.81 bits per heavy atom. The molecule has 0 aliphatic carbocycles. The Kier molecular flexibility index (Phi) is 4.71. The van der Waals surface area contributed by atoms with Crippen LogP contribution >= 0.6 is 0 Å². The highest BCUT2D eigenvalue weighted by molar-refractivity contribution is 5.90. The fraction of sp³-hybridized carbons (Fsp3) is 0.267. The largest absolute Gasteiger partial charge is 0.493 e. The number of aryl methyl sites for hydroxylation is 2. The molecule has 0 fully saturated rings. The maximum atomic E-state index is 11.6. The zero-order valence-electron chi connectivity index (χ0n) is 11.7. The van der Waals surface area contributed by atoms with E-state index < -0.39 is 5.97 Å². The van der Waals surface area contributed by atoms with Crippen LogP contribution in [-0.4, -0.2) is 27.5 Å². The molecular weight excluding hydrogens is 272 g/mol. The summed E-state index contributed by atoms with van der Waals surface area (Å²) in [6.45, 7) is 2.55. The van der Waals surface area contributed by atoms with Crippen molar-refractivity contribution in [1.29, 1.82) is 0 Å². The number of hydrogen-bond acceptors (Lipinski definition) is 4. The number of rotatable bonds is 6. The molecule has 1 aromatic heterocycles. The van der Waals surface area contributed by atoms with Gasteiger partial charge >= 0.3 is 5.97 Å². The number of ether oxygens (including phenoxy) is 1. The normalized spacial score (nSPS) is 10.3. The minimum Gasteiger partial charge on any atom is -0.493 e. The summed E-state index contributed by atoms with van der Waals surface area (Å²) in [4.78, 5) is 22.6. The third-order valence-corrected chi connectivity index (χ3v) is 2.89. The summed E-state index contributed by atoms with van der Waals surface area (Å²) in [5, 5.41) is 13.1. The molecule has 0 aliphatic rings. The van der Waals surface area contributed by atoms with Crippen molar-refractivity contribution in [3.63, 3.8) is 0 Å². The smallest absolute Gasteiger partial charge is 0.339 e. The van der Waals surface area contributed by atoms with Gasteiger partial charge in [-0.3, -0.25) is 4.79 Å². The molecule has 6 nitrogen and oxygen atoms in total. The van der Waals surface area contributed by atoms with Crippen LogP contribution in [0.3, 0.4) is 0 Å². The molecule has 0 unspecified atom stereocenters. The minimum atomic E-state index is -1.03. The molecule has 0 bridgehead atoms. The van der Waals surface area contributed by atoms with E-state index in [0.29, 0.717) is 25.3 Å². The van der Waals surface area contributed by atoms with E-state index in [0.717, 1.165) is 5.69 Å². The number of carbonyl (C=O) groups is 1. The average Bonchev–Trinajstić information content (AvgIpc) is 2.47. The topological polar surface area (TPSA) is 81.4 Å². The molecule has 0 spiro atoms. The number of aromatic carboxylic acids is 1. The SMILES string of the molecule is Cc1ccc(=O)n(CCCOc2ccccc2C(=O)O)n1. The van der Waals surface area contributed by atoms with Crippen LogP contribution in [0.2, 0.25) is 0 Å². The summed E-state index contributed by atoms with van der Waals surface area (Å²) in [5.74, 6) is -0.697. The van der Waals surface area contributed by atoms with Gasteiger partial charge in [0.25, 0.3) is 5.56 Å². The third kappa shape index (κ3) is 3.92. The molecule has 0 saturated heterocycles. The molecule has 2 rings (SSSR count). The first-order valence-electron chi connectivity index (χ1n) is 6.58. The van der Waals surface area contributed by atoms with Crippen LogP contribution in [0.25, 0.3) is 0 Å². The molecule has 110 valence electrons. The van der Waals surface area contributed by atoms with Gasteiger partial charge in [0.15, 0.2) is 0 Å². The van der Waals surface area contributed by atoms with Gasteiger partial charge in [0.1, 0.15) is 11.3 Å². The molecule has 0 saturated carbocycles. The Hall–Kier alpha value is -2.63. The summed E-state index contributed by atoms with van der Waals surface area (Å²) in [5.41, 5.74) is 0.738. The molecule has 6 heteroatoms. The number of benzene rings is 1. The van der Waals surface area contributed by atoms with Crippen LogP contribution in [0.5, 0.6) is 5.75 Å². The fourth-order valence-corrected chi connectivity index (χ4v) is 1.88. The number of hydrogen-bond donors (Lipinski definition) is 1. The van der Waals surface area contributed by atoms with Gasteiger partial charge in [-0.05, 0) is 25.1 Å². The summed E-state index contributed by atoms with van der Waals surface area (Å²) >= 11 is 0. The van der Waals surface area contributed by atoms with E-state index in [4.69, 9.17) is 9.84 Å². The Labute approximate surface area is 121 Å². The molecule has 21 heavy (non-hydrogen) atoms. The Balaban J connectivity index is 1.92. The van der Waals surface area contributed by atoms with Crippen molar-refractivity contribution in [1.82, 2.24) is 9.78 Å². The van der Waals surface area contributed by atoms with E-state index in [-0.39, 0.29) is 11.1 Å². The van der Waals surface area contributed by atoms with Gasteiger partial charge < -0.3 is 9.84 Å². The number of aromatic nitrogens is 2. The second-order valence-corrected chi connectivity index (χ2v) is 4.54. The lowest BCUT2D eigenvalue weighted by Crippen LogP contribution is -2.23. The Morgan fingerprint density at radius 2 is 2.05 bits per heavy atom. The van der Waals surface area contributed by atoms with Gasteiger partial charge in [-0.1, -0.05) is 12.1 Å². The number of carboxylic acid groups (broad SMARTS) is 1. The summed E-state index contributed by atoms with van der Waals surface area (Å²) < 4.78 is 6.84. The van der Waals surface area contributed by atoms with Crippen LogP contribution in [-0.2, 0) is 6.54 Å². The highest BCUT2D eigenvalue weighted by Crippen LogP contribution is 2.17. The number of carboxylic acids is 1. The van der Waals surface area contributed by atoms with Gasteiger partial charge in [-0.2, -0.15) is 5.10 Å². The molecule has 1 N–H and O–H groups in total. The van der Waals surface area contributed by atoms with Crippen LogP contribution in [0.4, 0.5) is 0 Å². The lowest BCUT2D eigenvalue weighted by atomic mass is 10.2. The zero-order valence-corrected chi connectivity index (χ0v) is 11.7. The maximum Gasteiger partial charge on any atom is 0.339 e. The molecule has 0 amide bonds. The maximum absolute atomic E-state index is 11.6. The van der Waals surface area contributed by atoms with Crippen molar-refractivity contribution in [3.8, 4) is 5.75 Å². The van der Waals surface area contributed by atoms with E-state index in [2.05, 4.69) is 5.10 Å². The first-order chi connectivity index (χ1) is 10.1. The van der Waals surface area contributed by atoms with Crippen molar-refractivity contribution in [2.24, 2.45) is 0 Å². The van der Waals surface area contributed by atoms with E-state index in [1.807, 2.05) is 6.92 Å².